The lowest BCUT2D eigenvalue weighted by Gasteiger charge is -2.14. The Kier molecular flexibility index (Phi) is 7.52. The third-order valence-electron chi connectivity index (χ3n) is 6.55. The van der Waals surface area contributed by atoms with Gasteiger partial charge in [-0.05, 0) is 67.2 Å². The number of fused-ring (bicyclic) bond motifs is 1. The van der Waals surface area contributed by atoms with Gasteiger partial charge in [0, 0.05) is 30.5 Å². The number of ether oxygens (including phenoxy) is 1. The number of aryl methyl sites for hydroxylation is 1. The Morgan fingerprint density at radius 2 is 1.86 bits per heavy atom. The molecule has 0 saturated carbocycles. The number of aromatic nitrogens is 5. The fourth-order valence-corrected chi connectivity index (χ4v) is 6.42. The normalized spacial score (nSPS) is 14.1. The molecule has 9 heteroatoms. The van der Waals surface area contributed by atoms with E-state index in [-0.39, 0.29) is 0 Å². The molecular weight excluding hydrogens is 500 g/mol. The first kappa shape index (κ1) is 24.2. The zero-order valence-electron chi connectivity index (χ0n) is 20.7. The van der Waals surface area contributed by atoms with Crippen LogP contribution in [0.3, 0.4) is 0 Å². The molecule has 0 bridgehead atoms. The van der Waals surface area contributed by atoms with Crippen molar-refractivity contribution in [3.8, 4) is 17.0 Å². The number of likely N-dealkylation sites (tertiary alicyclic amines) is 1. The maximum Gasteiger partial charge on any atom is 0.156 e. The van der Waals surface area contributed by atoms with Crippen LogP contribution in [0.2, 0.25) is 0 Å². The molecule has 1 aliphatic rings. The summed E-state index contributed by atoms with van der Waals surface area (Å²) in [5, 5.41) is 11.5. The lowest BCUT2D eigenvalue weighted by molar-refractivity contribution is 0.238. The fourth-order valence-electron chi connectivity index (χ4n) is 4.63. The van der Waals surface area contributed by atoms with Crippen LogP contribution in [0.1, 0.15) is 24.2 Å². The number of nitrogens with zero attached hydrogens (tertiary/aromatic N) is 6. The number of rotatable bonds is 11. The number of thioether (sulfide) groups is 1. The van der Waals surface area contributed by atoms with E-state index in [4.69, 9.17) is 14.8 Å². The van der Waals surface area contributed by atoms with E-state index in [1.165, 1.54) is 35.7 Å². The summed E-state index contributed by atoms with van der Waals surface area (Å²) in [6.07, 6.45) is 7.30. The zero-order valence-corrected chi connectivity index (χ0v) is 22.3. The van der Waals surface area contributed by atoms with Crippen molar-refractivity contribution in [1.82, 2.24) is 29.3 Å². The van der Waals surface area contributed by atoms with Crippen molar-refractivity contribution in [3.05, 3.63) is 83.8 Å². The number of benzene rings is 1. The van der Waals surface area contributed by atoms with Crippen molar-refractivity contribution >= 4 is 28.7 Å². The summed E-state index contributed by atoms with van der Waals surface area (Å²) in [4.78, 5) is 7.25. The van der Waals surface area contributed by atoms with Crippen molar-refractivity contribution in [3.63, 3.8) is 0 Å². The van der Waals surface area contributed by atoms with Gasteiger partial charge in [-0.3, -0.25) is 9.58 Å². The maximum atomic E-state index is 5.95. The molecule has 0 amide bonds. The number of hydrogen-bond donors (Lipinski definition) is 0. The average molecular weight is 531 g/mol. The Balaban J connectivity index is 1.08. The van der Waals surface area contributed by atoms with E-state index in [9.17, 15) is 0 Å². The lowest BCUT2D eigenvalue weighted by atomic mass is 10.1. The van der Waals surface area contributed by atoms with Crippen LogP contribution in [0.25, 0.3) is 16.9 Å². The molecule has 4 aromatic heterocycles. The summed E-state index contributed by atoms with van der Waals surface area (Å²) < 4.78 is 11.2. The van der Waals surface area contributed by atoms with E-state index in [0.29, 0.717) is 6.42 Å². The van der Waals surface area contributed by atoms with Crippen LogP contribution in [-0.2, 0) is 13.0 Å². The van der Waals surface area contributed by atoms with Gasteiger partial charge in [0.05, 0.1) is 22.6 Å². The van der Waals surface area contributed by atoms with Crippen LogP contribution in [0, 0.1) is 0 Å². The Hall–Kier alpha value is -3.14. The topological polar surface area (TPSA) is 60.5 Å². The van der Waals surface area contributed by atoms with E-state index in [1.54, 1.807) is 11.3 Å². The van der Waals surface area contributed by atoms with Crippen molar-refractivity contribution in [2.24, 2.45) is 0 Å². The molecule has 0 N–H and O–H groups in total. The molecule has 37 heavy (non-hydrogen) atoms. The van der Waals surface area contributed by atoms with E-state index in [1.807, 2.05) is 51.4 Å². The van der Waals surface area contributed by atoms with Gasteiger partial charge in [-0.2, -0.15) is 10.2 Å². The molecule has 1 aromatic carbocycles. The molecule has 0 atom stereocenters. The first-order valence-electron chi connectivity index (χ1n) is 12.8. The largest absolute Gasteiger partial charge is 0.492 e. The van der Waals surface area contributed by atoms with Gasteiger partial charge < -0.3 is 4.74 Å². The van der Waals surface area contributed by atoms with E-state index < -0.39 is 0 Å². The van der Waals surface area contributed by atoms with Crippen LogP contribution in [0.15, 0.2) is 76.6 Å². The van der Waals surface area contributed by atoms with Crippen LogP contribution in [0.4, 0.5) is 0 Å². The van der Waals surface area contributed by atoms with Gasteiger partial charge in [-0.1, -0.05) is 24.3 Å². The van der Waals surface area contributed by atoms with Crippen molar-refractivity contribution in [2.75, 3.05) is 32.0 Å². The molecule has 1 fully saturated rings. The van der Waals surface area contributed by atoms with Gasteiger partial charge in [-0.25, -0.2) is 9.50 Å². The number of thiophene rings is 1. The highest BCUT2D eigenvalue weighted by atomic mass is 32.2. The summed E-state index contributed by atoms with van der Waals surface area (Å²) in [6, 6.07) is 18.7. The highest BCUT2D eigenvalue weighted by molar-refractivity contribution is 8.01. The highest BCUT2D eigenvalue weighted by Gasteiger charge is 2.12. The standard InChI is InChI=1S/C28H30N6OS2/c1-2-13-32(12-1)14-16-35-24-10-8-22(9-11-24)19-26-30-27-6-3-5-25(34(27)31-26)23-20-29-33(21-23)15-18-37-28-7-4-17-36-28/h3-11,17,20-21H,1-2,12-16,18-19H2. The smallest absolute Gasteiger partial charge is 0.156 e. The Bertz CT molecular complexity index is 1420. The molecule has 0 unspecified atom stereocenters. The molecule has 0 radical (unpaired) electrons. The minimum atomic E-state index is 0.675. The van der Waals surface area contributed by atoms with Gasteiger partial charge in [-0.15, -0.1) is 23.1 Å². The molecule has 7 nitrogen and oxygen atoms in total. The molecule has 0 spiro atoms. The quantitative estimate of drug-likeness (QED) is 0.210. The predicted octanol–water partition coefficient (Wildman–Crippen LogP) is 5.51. The average Bonchev–Trinajstić information content (AvgIpc) is 3.72. The molecule has 1 aliphatic heterocycles. The number of hydrogen-bond acceptors (Lipinski definition) is 7. The first-order chi connectivity index (χ1) is 18.3. The summed E-state index contributed by atoms with van der Waals surface area (Å²) in [7, 11) is 0. The summed E-state index contributed by atoms with van der Waals surface area (Å²) >= 11 is 3.64. The summed E-state index contributed by atoms with van der Waals surface area (Å²) in [6.45, 7) is 5.00. The third-order valence-corrected chi connectivity index (χ3v) is 8.66. The molecular formula is C28H30N6OS2. The van der Waals surface area contributed by atoms with Crippen molar-refractivity contribution in [2.45, 2.75) is 30.0 Å². The van der Waals surface area contributed by atoms with Crippen LogP contribution in [-0.4, -0.2) is 61.3 Å². The Morgan fingerprint density at radius 3 is 2.70 bits per heavy atom. The fraction of sp³-hybridized carbons (Fsp3) is 0.321. The van der Waals surface area contributed by atoms with Gasteiger partial charge in [0.15, 0.2) is 11.5 Å². The van der Waals surface area contributed by atoms with Crippen LogP contribution in [0.5, 0.6) is 5.75 Å². The van der Waals surface area contributed by atoms with E-state index >= 15 is 0 Å². The summed E-state index contributed by atoms with van der Waals surface area (Å²) in [5.41, 5.74) is 4.05. The van der Waals surface area contributed by atoms with Gasteiger partial charge in [0.1, 0.15) is 12.4 Å². The van der Waals surface area contributed by atoms with E-state index in [0.717, 1.165) is 53.9 Å². The molecule has 5 heterocycles. The molecule has 5 aromatic rings. The molecule has 190 valence electrons. The van der Waals surface area contributed by atoms with Gasteiger partial charge >= 0.3 is 0 Å². The van der Waals surface area contributed by atoms with Crippen LogP contribution < -0.4 is 4.74 Å². The van der Waals surface area contributed by atoms with E-state index in [2.05, 4.69) is 51.9 Å². The van der Waals surface area contributed by atoms with Crippen molar-refractivity contribution < 1.29 is 4.74 Å². The molecule has 6 rings (SSSR count). The zero-order chi connectivity index (χ0) is 24.9. The minimum absolute atomic E-state index is 0.675. The second-order valence-electron chi connectivity index (χ2n) is 9.20. The third kappa shape index (κ3) is 6.06. The summed E-state index contributed by atoms with van der Waals surface area (Å²) in [5.74, 6) is 2.70. The Morgan fingerprint density at radius 1 is 0.973 bits per heavy atom. The van der Waals surface area contributed by atoms with Gasteiger partial charge in [0.2, 0.25) is 0 Å². The predicted molar refractivity (Wildman–Crippen MR) is 150 cm³/mol. The Labute approximate surface area is 225 Å². The minimum Gasteiger partial charge on any atom is -0.492 e. The SMILES string of the molecule is c1csc(SCCn2cc(-c3cccc4nc(Cc5ccc(OCCN6CCCC6)cc5)nn34)cn2)c1. The highest BCUT2D eigenvalue weighted by Crippen LogP contribution is 2.24. The molecule has 0 aliphatic carbocycles. The maximum absolute atomic E-state index is 5.95. The first-order valence-corrected chi connectivity index (χ1v) is 14.6. The molecule has 1 saturated heterocycles. The van der Waals surface area contributed by atoms with Crippen LogP contribution >= 0.6 is 23.1 Å². The lowest BCUT2D eigenvalue weighted by Crippen LogP contribution is -2.25. The van der Waals surface area contributed by atoms with Gasteiger partial charge in [0.25, 0.3) is 0 Å². The second kappa shape index (κ2) is 11.5. The number of pyridine rings is 1. The van der Waals surface area contributed by atoms with Crippen molar-refractivity contribution in [1.29, 1.82) is 0 Å². The second-order valence-corrected chi connectivity index (χ2v) is 11.5. The monoisotopic (exact) mass is 530 g/mol.